The van der Waals surface area contributed by atoms with Crippen LogP contribution in [0.5, 0.6) is 0 Å². The molecule has 3 fully saturated rings. The van der Waals surface area contributed by atoms with Crippen LogP contribution in [0.25, 0.3) is 0 Å². The molecular weight excluding hydrogens is 381 g/mol. The van der Waals surface area contributed by atoms with Gasteiger partial charge in [0, 0.05) is 16.9 Å². The summed E-state index contributed by atoms with van der Waals surface area (Å²) < 4.78 is 24.5. The molecule has 0 bridgehead atoms. The molecule has 1 aromatic carbocycles. The fourth-order valence-corrected chi connectivity index (χ4v) is 4.57. The minimum absolute atomic E-state index is 0.0107. The summed E-state index contributed by atoms with van der Waals surface area (Å²) in [6, 6.07) is 9.36. The first-order chi connectivity index (χ1) is 14.2. The first-order valence-corrected chi connectivity index (χ1v) is 11.2. The van der Waals surface area contributed by atoms with Crippen LogP contribution in [-0.4, -0.2) is 49.8 Å². The van der Waals surface area contributed by atoms with Crippen molar-refractivity contribution >= 4 is 13.0 Å². The van der Waals surface area contributed by atoms with Gasteiger partial charge in [-0.15, -0.1) is 0 Å². The predicted molar refractivity (Wildman–Crippen MR) is 115 cm³/mol. The van der Waals surface area contributed by atoms with Crippen LogP contribution in [0.2, 0.25) is 5.31 Å². The molecular formula is C23H34BNO5. The SMILES string of the molecule is CC1(C)OB([C@@]2(CCC3OCCCO3)CC[C@H]2NC(=O)c2ccccc2)OC1(C)C. The Morgan fingerprint density at radius 3 is 2.27 bits per heavy atom. The van der Waals surface area contributed by atoms with Crippen molar-refractivity contribution < 1.29 is 23.6 Å². The van der Waals surface area contributed by atoms with Crippen molar-refractivity contribution in [3.63, 3.8) is 0 Å². The maximum Gasteiger partial charge on any atom is 0.466 e. The standard InChI is InChI=1S/C23H34BNO5/c1-21(2)22(3,4)30-24(29-21)23(14-12-19-27-15-8-16-28-19)13-11-18(23)25-20(26)17-9-6-5-7-10-17/h5-7,9-10,18-19H,8,11-16H2,1-4H3,(H,25,26)/t18-,23-/m1/s1. The van der Waals surface area contributed by atoms with Gasteiger partial charge in [0.2, 0.25) is 0 Å². The van der Waals surface area contributed by atoms with E-state index in [4.69, 9.17) is 18.8 Å². The second kappa shape index (κ2) is 8.27. The third-order valence-electron chi connectivity index (χ3n) is 7.40. The molecule has 4 rings (SSSR count). The van der Waals surface area contributed by atoms with Crippen molar-refractivity contribution in [3.05, 3.63) is 35.9 Å². The molecule has 3 aliphatic rings. The normalized spacial score (nSPS) is 30.7. The van der Waals surface area contributed by atoms with Gasteiger partial charge >= 0.3 is 7.12 Å². The number of benzene rings is 1. The van der Waals surface area contributed by atoms with E-state index in [0.29, 0.717) is 5.56 Å². The second-order valence-corrected chi connectivity index (χ2v) is 9.82. The number of rotatable bonds is 6. The molecule has 164 valence electrons. The summed E-state index contributed by atoms with van der Waals surface area (Å²) in [5, 5.41) is 2.97. The second-order valence-electron chi connectivity index (χ2n) is 9.82. The van der Waals surface area contributed by atoms with Crippen LogP contribution in [-0.2, 0) is 18.8 Å². The number of carbonyl (C=O) groups is 1. The van der Waals surface area contributed by atoms with E-state index in [9.17, 15) is 4.79 Å². The molecule has 1 saturated carbocycles. The summed E-state index contributed by atoms with van der Waals surface area (Å²) in [5.74, 6) is -0.0497. The molecule has 2 atom stereocenters. The Kier molecular flexibility index (Phi) is 6.01. The van der Waals surface area contributed by atoms with E-state index in [1.807, 2.05) is 30.3 Å². The molecule has 30 heavy (non-hydrogen) atoms. The highest BCUT2D eigenvalue weighted by Crippen LogP contribution is 2.59. The van der Waals surface area contributed by atoms with E-state index >= 15 is 0 Å². The van der Waals surface area contributed by atoms with Gasteiger partial charge in [-0.2, -0.15) is 0 Å². The zero-order chi connectivity index (χ0) is 21.4. The molecule has 1 N–H and O–H groups in total. The third-order valence-corrected chi connectivity index (χ3v) is 7.40. The quantitative estimate of drug-likeness (QED) is 0.713. The summed E-state index contributed by atoms with van der Waals surface area (Å²) in [6.07, 6.45) is 4.18. The van der Waals surface area contributed by atoms with Crippen molar-refractivity contribution in [3.8, 4) is 0 Å². The maximum absolute atomic E-state index is 12.9. The van der Waals surface area contributed by atoms with Crippen LogP contribution in [0.4, 0.5) is 0 Å². The Labute approximate surface area is 180 Å². The summed E-state index contributed by atoms with van der Waals surface area (Å²) >= 11 is 0. The Balaban J connectivity index is 1.52. The first-order valence-electron chi connectivity index (χ1n) is 11.2. The molecule has 0 radical (unpaired) electrons. The first kappa shape index (κ1) is 21.8. The molecule has 7 heteroatoms. The van der Waals surface area contributed by atoms with Gasteiger partial charge in [0.25, 0.3) is 5.91 Å². The van der Waals surface area contributed by atoms with Crippen LogP contribution < -0.4 is 5.32 Å². The van der Waals surface area contributed by atoms with Gasteiger partial charge in [0.15, 0.2) is 6.29 Å². The largest absolute Gasteiger partial charge is 0.466 e. The summed E-state index contributed by atoms with van der Waals surface area (Å²) in [7, 11) is -0.374. The van der Waals surface area contributed by atoms with Crippen molar-refractivity contribution in [2.45, 2.75) is 88.6 Å². The Hall–Kier alpha value is -1.41. The number of amides is 1. The van der Waals surface area contributed by atoms with Crippen LogP contribution >= 0.6 is 0 Å². The van der Waals surface area contributed by atoms with Gasteiger partial charge in [-0.1, -0.05) is 18.2 Å². The fourth-order valence-electron chi connectivity index (χ4n) is 4.57. The lowest BCUT2D eigenvalue weighted by Crippen LogP contribution is -2.58. The Morgan fingerprint density at radius 2 is 1.70 bits per heavy atom. The minimum Gasteiger partial charge on any atom is -0.403 e. The van der Waals surface area contributed by atoms with Crippen LogP contribution in [0.1, 0.15) is 70.2 Å². The number of ether oxygens (including phenoxy) is 2. The Bertz CT molecular complexity index is 733. The highest BCUT2D eigenvalue weighted by molar-refractivity contribution is 6.50. The highest BCUT2D eigenvalue weighted by atomic mass is 16.7. The number of carbonyl (C=O) groups excluding carboxylic acids is 1. The number of hydrogen-bond acceptors (Lipinski definition) is 5. The van der Waals surface area contributed by atoms with Crippen LogP contribution in [0.3, 0.4) is 0 Å². The topological polar surface area (TPSA) is 66.0 Å². The van der Waals surface area contributed by atoms with Gasteiger partial charge in [-0.05, 0) is 71.9 Å². The zero-order valence-corrected chi connectivity index (χ0v) is 18.6. The van der Waals surface area contributed by atoms with Crippen molar-refractivity contribution in [2.75, 3.05) is 13.2 Å². The smallest absolute Gasteiger partial charge is 0.403 e. The van der Waals surface area contributed by atoms with E-state index in [-0.39, 0.29) is 30.7 Å². The molecule has 1 aromatic rings. The average molecular weight is 415 g/mol. The lowest BCUT2D eigenvalue weighted by molar-refractivity contribution is -0.183. The average Bonchev–Trinajstić information content (AvgIpc) is 2.94. The van der Waals surface area contributed by atoms with E-state index in [2.05, 4.69) is 33.0 Å². The monoisotopic (exact) mass is 415 g/mol. The van der Waals surface area contributed by atoms with Crippen molar-refractivity contribution in [1.82, 2.24) is 5.32 Å². The molecule has 6 nitrogen and oxygen atoms in total. The van der Waals surface area contributed by atoms with Crippen LogP contribution in [0, 0.1) is 0 Å². The van der Waals surface area contributed by atoms with Crippen molar-refractivity contribution in [1.29, 1.82) is 0 Å². The van der Waals surface area contributed by atoms with E-state index in [0.717, 1.165) is 45.3 Å². The molecule has 0 spiro atoms. The van der Waals surface area contributed by atoms with Crippen LogP contribution in [0.15, 0.2) is 30.3 Å². The van der Waals surface area contributed by atoms with Gasteiger partial charge < -0.3 is 24.1 Å². The molecule has 0 aromatic heterocycles. The van der Waals surface area contributed by atoms with Gasteiger partial charge in [-0.25, -0.2) is 0 Å². The zero-order valence-electron chi connectivity index (χ0n) is 18.6. The molecule has 0 unspecified atom stereocenters. The fraction of sp³-hybridized carbons (Fsp3) is 0.696. The maximum atomic E-state index is 12.9. The molecule has 2 saturated heterocycles. The van der Waals surface area contributed by atoms with Gasteiger partial charge in [0.1, 0.15) is 0 Å². The minimum atomic E-state index is -0.411. The van der Waals surface area contributed by atoms with E-state index in [1.54, 1.807) is 0 Å². The highest BCUT2D eigenvalue weighted by Gasteiger charge is 2.65. The van der Waals surface area contributed by atoms with Crippen molar-refractivity contribution in [2.24, 2.45) is 0 Å². The summed E-state index contributed by atoms with van der Waals surface area (Å²) in [5.41, 5.74) is -0.149. The lowest BCUT2D eigenvalue weighted by Gasteiger charge is -2.51. The van der Waals surface area contributed by atoms with E-state index in [1.165, 1.54) is 0 Å². The third kappa shape index (κ3) is 4.05. The number of nitrogens with one attached hydrogen (secondary N) is 1. The lowest BCUT2D eigenvalue weighted by atomic mass is 9.42. The summed E-state index contributed by atoms with van der Waals surface area (Å²) in [6.45, 7) is 9.77. The van der Waals surface area contributed by atoms with Gasteiger partial charge in [0.05, 0.1) is 24.4 Å². The molecule has 1 amide bonds. The van der Waals surface area contributed by atoms with Gasteiger partial charge in [-0.3, -0.25) is 4.79 Å². The number of hydrogen-bond donors (Lipinski definition) is 1. The molecule has 1 aliphatic carbocycles. The van der Waals surface area contributed by atoms with E-state index < -0.39 is 11.2 Å². The molecule has 2 aliphatic heterocycles. The predicted octanol–water partition coefficient (Wildman–Crippen LogP) is 3.95. The molecule has 2 heterocycles. The summed E-state index contributed by atoms with van der Waals surface area (Å²) in [4.78, 5) is 12.9. The Morgan fingerprint density at radius 1 is 1.07 bits per heavy atom.